The Morgan fingerprint density at radius 1 is 0.573 bits per heavy atom. The third-order valence-electron chi connectivity index (χ3n) is 15.5. The number of carbonyl (C=O) groups is 8. The van der Waals surface area contributed by atoms with Crippen LogP contribution in [0.5, 0.6) is 0 Å². The summed E-state index contributed by atoms with van der Waals surface area (Å²) in [6.07, 6.45) is -14.6. The number of ether oxygens (including phenoxy) is 2. The summed E-state index contributed by atoms with van der Waals surface area (Å²) < 4.78 is 210. The molecule has 41 heteroatoms. The van der Waals surface area contributed by atoms with Crippen LogP contribution in [0, 0.1) is 17.5 Å². The van der Waals surface area contributed by atoms with Crippen molar-refractivity contribution >= 4 is 105 Å². The van der Waals surface area contributed by atoms with Crippen LogP contribution in [0.15, 0.2) is 54.7 Å². The predicted molar refractivity (Wildman–Crippen MR) is 381 cm³/mol. The molecule has 1 amide bonds. The summed E-state index contributed by atoms with van der Waals surface area (Å²) in [5.74, 6) is -2.03. The first-order valence-electron chi connectivity index (χ1n) is 33.1. The van der Waals surface area contributed by atoms with Crippen molar-refractivity contribution < 1.29 is 114 Å². The minimum atomic E-state index is -4.67. The van der Waals surface area contributed by atoms with Gasteiger partial charge in [-0.25, -0.2) is 13.2 Å². The number of rotatable bonds is 19. The van der Waals surface area contributed by atoms with Gasteiger partial charge in [-0.15, -0.1) is 0 Å². The standard InChI is InChI=1S/C29H22F6N4O2S.3C9H9F3N2OS.C5H11NO2.C4H8O2.C4H6OS/c30-18-7-15(8-19(31)11-18)6-17(9-20(40)12-39-25-14-42-13-23(25)27(38-39)29(33,34)35)26-21(2-1-5-37-26)16-3-4-24(32)22(10-16)28(36)41;2*1-5(15)2-14-7-4-16-3-6(7)8(13-14)9(10,11)12;1-5(15)2-14-8(9(10,11)12)6-3-16-4-7(6)13-14;1-2-8-5(7)3-4-6;1-3-6-4(2)5;5-4-2-1-3-6-4/h1-5,7-8,10-11,17H,6,9,12-14H2,(H2,36,41);3*2-4H2,1H3;2-4,6H2,1H3;3H2,1-2H3;1-3H2/t17-;;;;;;/m1....../s1. The summed E-state index contributed by atoms with van der Waals surface area (Å²) in [7, 11) is 0. The van der Waals surface area contributed by atoms with E-state index in [0.29, 0.717) is 111 Å². The summed E-state index contributed by atoms with van der Waals surface area (Å²) in [4.78, 5) is 92.7. The molecule has 21 nitrogen and oxygen atoms in total. The second-order valence-corrected chi connectivity index (χ2v) is 29.4. The molecule has 0 radical (unpaired) electrons. The van der Waals surface area contributed by atoms with Gasteiger partial charge in [-0.2, -0.15) is 120 Å². The van der Waals surface area contributed by atoms with E-state index in [2.05, 4.69) is 34.9 Å². The van der Waals surface area contributed by atoms with Crippen LogP contribution in [0.3, 0.4) is 0 Å². The number of halogens is 15. The molecule has 10 heterocycles. The summed E-state index contributed by atoms with van der Waals surface area (Å²) in [5, 5.41) is 14.9. The van der Waals surface area contributed by atoms with Gasteiger partial charge in [-0.05, 0) is 88.9 Å². The Bertz CT molecular complexity index is 4320. The average Bonchev–Trinajstić information content (AvgIpc) is 0.895. The van der Waals surface area contributed by atoms with Crippen molar-refractivity contribution in [3.05, 3.63) is 157 Å². The number of carbonyl (C=O) groups excluding carboxylic acids is 8. The molecule has 7 aromatic rings. The van der Waals surface area contributed by atoms with Crippen LogP contribution in [0.4, 0.5) is 65.9 Å². The number of hydrogen-bond donors (Lipinski definition) is 2. The van der Waals surface area contributed by atoms with E-state index in [1.807, 2.05) is 0 Å². The molecular weight excluding hydrogens is 1590 g/mol. The number of nitrogens with two attached hydrogens (primary N) is 2. The number of esters is 2. The van der Waals surface area contributed by atoms with E-state index in [4.69, 9.17) is 11.5 Å². The normalized spacial score (nSPS) is 14.1. The Kier molecular flexibility index (Phi) is 33.7. The van der Waals surface area contributed by atoms with Gasteiger partial charge in [0.05, 0.1) is 79.8 Å². The number of primary amides is 1. The maximum Gasteiger partial charge on any atom is 0.435 e. The summed E-state index contributed by atoms with van der Waals surface area (Å²) in [6, 6.07) is 9.82. The zero-order valence-electron chi connectivity index (χ0n) is 59.6. The third kappa shape index (κ3) is 26.5. The largest absolute Gasteiger partial charge is 0.466 e. The first-order chi connectivity index (χ1) is 51.6. The van der Waals surface area contributed by atoms with Gasteiger partial charge in [0.1, 0.15) is 23.1 Å². The lowest BCUT2D eigenvalue weighted by Crippen LogP contribution is -2.19. The zero-order chi connectivity index (χ0) is 81.8. The van der Waals surface area contributed by atoms with Crippen molar-refractivity contribution in [2.45, 2.75) is 176 Å². The van der Waals surface area contributed by atoms with Crippen molar-refractivity contribution in [2.75, 3.05) is 25.5 Å². The van der Waals surface area contributed by atoms with E-state index in [1.165, 1.54) is 114 Å². The number of pyridine rings is 1. The zero-order valence-corrected chi connectivity index (χ0v) is 63.7. The van der Waals surface area contributed by atoms with Gasteiger partial charge in [0, 0.05) is 124 Å². The topological polar surface area (TPSA) is 291 Å². The summed E-state index contributed by atoms with van der Waals surface area (Å²) in [5.41, 5.74) is 10.4. The maximum atomic E-state index is 14.2. The SMILES string of the molecule is CC(=O)Cn1nc(C(F)(F)F)c2c1CSC2.CC(=O)Cn1nc(C(F)(F)F)c2c1CSC2.CC(=O)Cn1nc2c(c1C(F)(F)F)CSC2.CCOC(=O)CCN.CCOC(C)=O.NC(=O)c1cc(-c2cccnc2[C@@H](CC(=O)Cn2nc(C(F)(F)F)c3c2CSC3)Cc2cc(F)cc(F)c2)ccc1F.O=C1CCCS1. The van der Waals surface area contributed by atoms with Crippen molar-refractivity contribution in [3.8, 4) is 11.1 Å². The van der Waals surface area contributed by atoms with Gasteiger partial charge in [0.2, 0.25) is 0 Å². The van der Waals surface area contributed by atoms with Crippen molar-refractivity contribution in [1.82, 2.24) is 44.1 Å². The number of ketones is 4. The van der Waals surface area contributed by atoms with Crippen molar-refractivity contribution in [2.24, 2.45) is 11.5 Å². The average molecular weight is 1660 g/mol. The number of thioether (sulfide) groups is 5. The third-order valence-corrected chi connectivity index (χ3v) is 20.4. The van der Waals surface area contributed by atoms with Gasteiger partial charge in [0.25, 0.3) is 5.91 Å². The van der Waals surface area contributed by atoms with Crippen LogP contribution in [-0.2, 0) is 146 Å². The fraction of sp³-hybridized carbons (Fsp3) is 0.464. The van der Waals surface area contributed by atoms with Crippen LogP contribution in [-0.4, -0.2) is 116 Å². The molecule has 0 unspecified atom stereocenters. The maximum absolute atomic E-state index is 14.2. The van der Waals surface area contributed by atoms with E-state index < -0.39 is 89.1 Å². The second kappa shape index (κ2) is 40.9. The molecule has 5 aromatic heterocycles. The molecule has 4 N–H and O–H groups in total. The highest BCUT2D eigenvalue weighted by molar-refractivity contribution is 8.14. The molecule has 0 aliphatic carbocycles. The van der Waals surface area contributed by atoms with Crippen LogP contribution < -0.4 is 11.5 Å². The molecule has 0 spiro atoms. The van der Waals surface area contributed by atoms with Crippen LogP contribution in [0.25, 0.3) is 11.1 Å². The first kappa shape index (κ1) is 90.7. The number of hydrogen-bond acceptors (Lipinski definition) is 21. The number of benzene rings is 2. The predicted octanol–water partition coefficient (Wildman–Crippen LogP) is 14.4. The quantitative estimate of drug-likeness (QED) is 0.0561. The Morgan fingerprint density at radius 2 is 1.05 bits per heavy atom. The monoisotopic (exact) mass is 1660 g/mol. The molecule has 1 atom stereocenters. The molecule has 12 rings (SSSR count). The molecule has 0 saturated carbocycles. The van der Waals surface area contributed by atoms with Gasteiger partial charge >= 0.3 is 36.6 Å². The number of alkyl halides is 12. The van der Waals surface area contributed by atoms with Gasteiger partial charge in [-0.1, -0.05) is 23.9 Å². The summed E-state index contributed by atoms with van der Waals surface area (Å²) >= 11 is 6.97. The second-order valence-electron chi connectivity index (χ2n) is 24.3. The number of Topliss-reactive ketones (excluding diaryl/α,β-unsaturated/α-hetero) is 4. The molecule has 1 saturated heterocycles. The smallest absolute Gasteiger partial charge is 0.435 e. The Morgan fingerprint density at radius 3 is 1.45 bits per heavy atom. The van der Waals surface area contributed by atoms with Crippen LogP contribution >= 0.6 is 58.8 Å². The highest BCUT2D eigenvalue weighted by Crippen LogP contribution is 2.44. The van der Waals surface area contributed by atoms with Crippen molar-refractivity contribution in [1.29, 1.82) is 0 Å². The molecule has 600 valence electrons. The van der Waals surface area contributed by atoms with E-state index in [1.54, 1.807) is 26.0 Å². The van der Waals surface area contributed by atoms with E-state index in [-0.39, 0.29) is 107 Å². The molecule has 2 aromatic carbocycles. The molecular formula is C69H74F15N11O10S5. The molecule has 110 heavy (non-hydrogen) atoms. The number of aromatic nitrogens is 9. The minimum absolute atomic E-state index is 0.0562. The lowest BCUT2D eigenvalue weighted by Gasteiger charge is -2.20. The number of nitrogens with zero attached hydrogens (tertiary/aromatic N) is 9. The van der Waals surface area contributed by atoms with Gasteiger partial charge in [0.15, 0.2) is 45.3 Å². The number of amides is 1. The number of fused-ring (bicyclic) bond motifs is 4. The van der Waals surface area contributed by atoms with E-state index in [0.717, 1.165) is 46.2 Å². The van der Waals surface area contributed by atoms with E-state index in [9.17, 15) is 104 Å². The fourth-order valence-electron chi connectivity index (χ4n) is 11.2. The Hall–Kier alpha value is -8.15. The first-order valence-corrected chi connectivity index (χ1v) is 38.7. The Labute approximate surface area is 640 Å². The molecule has 0 bridgehead atoms. The molecule has 5 aliphatic heterocycles. The lowest BCUT2D eigenvalue weighted by atomic mass is 9.86. The van der Waals surface area contributed by atoms with Gasteiger partial charge in [-0.3, -0.25) is 62.1 Å². The minimum Gasteiger partial charge on any atom is -0.466 e. The molecule has 1 fully saturated rings. The highest BCUT2D eigenvalue weighted by Gasteiger charge is 2.44. The molecule has 5 aliphatic rings. The van der Waals surface area contributed by atoms with Crippen LogP contribution in [0.2, 0.25) is 0 Å². The van der Waals surface area contributed by atoms with Crippen LogP contribution in [0.1, 0.15) is 163 Å². The lowest BCUT2D eigenvalue weighted by molar-refractivity contribution is -0.145. The Balaban J connectivity index is 0.000000229. The highest BCUT2D eigenvalue weighted by atomic mass is 32.2. The van der Waals surface area contributed by atoms with Crippen molar-refractivity contribution in [3.63, 3.8) is 0 Å². The van der Waals surface area contributed by atoms with Gasteiger partial charge < -0.3 is 20.9 Å². The summed E-state index contributed by atoms with van der Waals surface area (Å²) in [6.45, 7) is 9.24. The fourth-order valence-corrected chi connectivity index (χ4v) is 16.4. The van der Waals surface area contributed by atoms with E-state index >= 15 is 0 Å².